The number of phenols is 1. The first-order valence-electron chi connectivity index (χ1n) is 14.0. The molecule has 4 heteroatoms. The number of hydrogen-bond donors (Lipinski definition) is 2. The number of rotatable bonds is 20. The van der Waals surface area contributed by atoms with Gasteiger partial charge in [-0.05, 0) is 18.6 Å². The lowest BCUT2D eigenvalue weighted by Crippen LogP contribution is -2.04. The molecule has 2 rings (SSSR count). The van der Waals surface area contributed by atoms with Gasteiger partial charge in [0.25, 0.3) is 0 Å². The molecular formula is C31H47NO3. The molecule has 0 spiro atoms. The van der Waals surface area contributed by atoms with Gasteiger partial charge in [0.15, 0.2) is 0 Å². The molecule has 0 fully saturated rings. The second-order valence-electron chi connectivity index (χ2n) is 9.65. The monoisotopic (exact) mass is 481 g/mol. The van der Waals surface area contributed by atoms with E-state index < -0.39 is 0 Å². The number of unbranched alkanes of at least 4 members (excludes halogenated alkanes) is 15. The van der Waals surface area contributed by atoms with Crippen molar-refractivity contribution >= 4 is 5.71 Å². The lowest BCUT2D eigenvalue weighted by atomic mass is 10.0. The van der Waals surface area contributed by atoms with Crippen molar-refractivity contribution < 1.29 is 15.1 Å². The van der Waals surface area contributed by atoms with Crippen molar-refractivity contribution in [3.63, 3.8) is 0 Å². The minimum absolute atomic E-state index is 0.0473. The van der Waals surface area contributed by atoms with E-state index in [0.717, 1.165) is 12.0 Å². The summed E-state index contributed by atoms with van der Waals surface area (Å²) in [7, 11) is 0. The van der Waals surface area contributed by atoms with Gasteiger partial charge in [-0.3, -0.25) is 0 Å². The van der Waals surface area contributed by atoms with E-state index in [1.54, 1.807) is 12.1 Å². The molecule has 0 bridgehead atoms. The zero-order valence-electron chi connectivity index (χ0n) is 21.9. The molecule has 0 heterocycles. The molecule has 0 amide bonds. The van der Waals surface area contributed by atoms with Gasteiger partial charge in [0.1, 0.15) is 17.2 Å². The second-order valence-corrected chi connectivity index (χ2v) is 9.65. The van der Waals surface area contributed by atoms with Crippen LogP contribution >= 0.6 is 0 Å². The first-order chi connectivity index (χ1) is 17.3. The molecule has 194 valence electrons. The van der Waals surface area contributed by atoms with Crippen LogP contribution in [0.1, 0.15) is 121 Å². The Kier molecular flexibility index (Phi) is 15.4. The summed E-state index contributed by atoms with van der Waals surface area (Å²) in [6.07, 6.45) is 21.6. The van der Waals surface area contributed by atoms with Crippen molar-refractivity contribution in [2.75, 3.05) is 6.61 Å². The third kappa shape index (κ3) is 12.2. The lowest BCUT2D eigenvalue weighted by molar-refractivity contribution is 0.302. The number of ether oxygens (including phenoxy) is 1. The summed E-state index contributed by atoms with van der Waals surface area (Å²) in [5.74, 6) is 0.684. The number of oxime groups is 1. The van der Waals surface area contributed by atoms with Crippen molar-refractivity contribution in [3.8, 4) is 11.5 Å². The number of aromatic hydroxyl groups is 1. The van der Waals surface area contributed by atoms with Crippen molar-refractivity contribution in [2.45, 2.75) is 110 Å². The van der Waals surface area contributed by atoms with Crippen molar-refractivity contribution in [2.24, 2.45) is 5.16 Å². The number of benzene rings is 2. The van der Waals surface area contributed by atoms with Gasteiger partial charge >= 0.3 is 0 Å². The Balaban J connectivity index is 1.48. The largest absolute Gasteiger partial charge is 0.507 e. The molecule has 0 aliphatic carbocycles. The van der Waals surface area contributed by atoms with Gasteiger partial charge in [-0.2, -0.15) is 0 Å². The van der Waals surface area contributed by atoms with E-state index in [1.165, 1.54) is 96.3 Å². The average Bonchev–Trinajstić information content (AvgIpc) is 2.88. The fourth-order valence-electron chi connectivity index (χ4n) is 4.50. The Bertz CT molecular complexity index is 819. The zero-order valence-corrected chi connectivity index (χ0v) is 21.9. The Morgan fingerprint density at radius 3 is 1.69 bits per heavy atom. The standard InChI is InChI=1S/C31H47NO3/c1-2-3-4-5-6-7-8-9-10-11-12-13-14-15-16-20-25-35-28-23-24-29(30(33)26-28)31(32-34)27-21-18-17-19-22-27/h17-19,21-24,26,33-34H,2-16,20,25H2,1H3. The van der Waals surface area contributed by atoms with E-state index in [0.29, 0.717) is 23.6 Å². The summed E-state index contributed by atoms with van der Waals surface area (Å²) in [4.78, 5) is 0. The molecule has 0 aliphatic rings. The van der Waals surface area contributed by atoms with Crippen molar-refractivity contribution in [1.29, 1.82) is 0 Å². The maximum atomic E-state index is 10.4. The summed E-state index contributed by atoms with van der Waals surface area (Å²) < 4.78 is 5.82. The Hall–Kier alpha value is -2.49. The smallest absolute Gasteiger partial charge is 0.128 e. The summed E-state index contributed by atoms with van der Waals surface area (Å²) in [5, 5.41) is 23.2. The van der Waals surface area contributed by atoms with Crippen LogP contribution in [0.2, 0.25) is 0 Å². The highest BCUT2D eigenvalue weighted by Crippen LogP contribution is 2.26. The molecule has 0 aromatic heterocycles. The highest BCUT2D eigenvalue weighted by atomic mass is 16.5. The number of hydrogen-bond acceptors (Lipinski definition) is 4. The summed E-state index contributed by atoms with van der Waals surface area (Å²) in [6, 6.07) is 14.5. The van der Waals surface area contributed by atoms with Gasteiger partial charge in [-0.1, -0.05) is 139 Å². The maximum absolute atomic E-state index is 10.4. The minimum Gasteiger partial charge on any atom is -0.507 e. The molecular weight excluding hydrogens is 434 g/mol. The highest BCUT2D eigenvalue weighted by molar-refractivity contribution is 6.14. The molecule has 0 unspecified atom stereocenters. The fraction of sp³-hybridized carbons (Fsp3) is 0.581. The van der Waals surface area contributed by atoms with Crippen LogP contribution in [-0.2, 0) is 0 Å². The minimum atomic E-state index is 0.0473. The van der Waals surface area contributed by atoms with Crippen LogP contribution in [0.15, 0.2) is 53.7 Å². The quantitative estimate of drug-likeness (QED) is 0.0857. The first-order valence-corrected chi connectivity index (χ1v) is 14.0. The number of phenolic OH excluding ortho intramolecular Hbond substituents is 1. The van der Waals surface area contributed by atoms with Gasteiger partial charge < -0.3 is 15.1 Å². The number of nitrogens with zero attached hydrogens (tertiary/aromatic N) is 1. The molecule has 0 radical (unpaired) electrons. The Morgan fingerprint density at radius 1 is 0.686 bits per heavy atom. The predicted octanol–water partition coefficient (Wildman–Crippen LogP) is 9.26. The molecule has 0 atom stereocenters. The molecule has 4 nitrogen and oxygen atoms in total. The second kappa shape index (κ2) is 18.8. The third-order valence-electron chi connectivity index (χ3n) is 6.64. The summed E-state index contributed by atoms with van der Waals surface area (Å²) >= 11 is 0. The van der Waals surface area contributed by atoms with Crippen LogP contribution in [0.25, 0.3) is 0 Å². The van der Waals surface area contributed by atoms with Gasteiger partial charge in [-0.15, -0.1) is 0 Å². The van der Waals surface area contributed by atoms with Gasteiger partial charge in [-0.25, -0.2) is 0 Å². The Morgan fingerprint density at radius 2 is 1.20 bits per heavy atom. The lowest BCUT2D eigenvalue weighted by Gasteiger charge is -2.10. The van der Waals surface area contributed by atoms with E-state index in [2.05, 4.69) is 12.1 Å². The predicted molar refractivity (Wildman–Crippen MR) is 147 cm³/mol. The normalized spacial score (nSPS) is 11.6. The van der Waals surface area contributed by atoms with Crippen LogP contribution < -0.4 is 4.74 Å². The van der Waals surface area contributed by atoms with E-state index >= 15 is 0 Å². The first kappa shape index (κ1) is 28.7. The zero-order chi connectivity index (χ0) is 25.0. The molecule has 2 N–H and O–H groups in total. The Labute approximate surface area is 213 Å². The van der Waals surface area contributed by atoms with Gasteiger partial charge in [0, 0.05) is 17.2 Å². The van der Waals surface area contributed by atoms with Gasteiger partial charge in [0.05, 0.1) is 6.61 Å². The van der Waals surface area contributed by atoms with E-state index in [-0.39, 0.29) is 5.75 Å². The summed E-state index contributed by atoms with van der Waals surface area (Å²) in [6.45, 7) is 2.93. The van der Waals surface area contributed by atoms with Crippen LogP contribution in [0, 0.1) is 0 Å². The molecule has 2 aromatic rings. The molecule has 0 saturated carbocycles. The molecule has 2 aromatic carbocycles. The van der Waals surface area contributed by atoms with Crippen molar-refractivity contribution in [3.05, 3.63) is 59.7 Å². The fourth-order valence-corrected chi connectivity index (χ4v) is 4.50. The summed E-state index contributed by atoms with van der Waals surface area (Å²) in [5.41, 5.74) is 1.56. The van der Waals surface area contributed by atoms with E-state index in [4.69, 9.17) is 4.74 Å². The van der Waals surface area contributed by atoms with Gasteiger partial charge in [0.2, 0.25) is 0 Å². The molecule has 0 saturated heterocycles. The van der Waals surface area contributed by atoms with E-state index in [1.807, 2.05) is 36.4 Å². The maximum Gasteiger partial charge on any atom is 0.128 e. The highest BCUT2D eigenvalue weighted by Gasteiger charge is 2.13. The SMILES string of the molecule is CCCCCCCCCCCCCCCCCCOc1ccc(C(=NO)c2ccccc2)c(O)c1. The van der Waals surface area contributed by atoms with Crippen LogP contribution in [0.3, 0.4) is 0 Å². The van der Waals surface area contributed by atoms with Crippen molar-refractivity contribution in [1.82, 2.24) is 0 Å². The molecule has 35 heavy (non-hydrogen) atoms. The topological polar surface area (TPSA) is 62.0 Å². The van der Waals surface area contributed by atoms with Crippen LogP contribution in [0.5, 0.6) is 11.5 Å². The average molecular weight is 482 g/mol. The third-order valence-corrected chi connectivity index (χ3v) is 6.64. The van der Waals surface area contributed by atoms with E-state index in [9.17, 15) is 10.3 Å². The molecule has 0 aliphatic heterocycles. The van der Waals surface area contributed by atoms with Crippen LogP contribution in [0.4, 0.5) is 0 Å². The van der Waals surface area contributed by atoms with Crippen LogP contribution in [-0.4, -0.2) is 22.6 Å².